The quantitative estimate of drug-likeness (QED) is 0.613. The van der Waals surface area contributed by atoms with Gasteiger partial charge in [0.25, 0.3) is 0 Å². The first-order valence-corrected chi connectivity index (χ1v) is 7.23. The van der Waals surface area contributed by atoms with Gasteiger partial charge in [-0.1, -0.05) is 24.3 Å². The Morgan fingerprint density at radius 2 is 1.79 bits per heavy atom. The molecule has 1 saturated heterocycles. The van der Waals surface area contributed by atoms with Gasteiger partial charge < -0.3 is 0 Å². The smallest absolute Gasteiger partial charge is 0.235 e. The Morgan fingerprint density at radius 1 is 1.11 bits per heavy atom. The maximum absolute atomic E-state index is 10.6. The fourth-order valence-electron chi connectivity index (χ4n) is 3.18. The lowest BCUT2D eigenvalue weighted by Crippen LogP contribution is -2.31. The summed E-state index contributed by atoms with van der Waals surface area (Å²) in [7, 11) is 0. The lowest BCUT2D eigenvalue weighted by molar-refractivity contribution is 0.256. The molecule has 3 heteroatoms. The van der Waals surface area contributed by atoms with Gasteiger partial charge in [-0.05, 0) is 56.3 Å². The molecule has 1 aliphatic carbocycles. The highest BCUT2D eigenvalue weighted by atomic mass is 16.1. The topological polar surface area (TPSA) is 32.7 Å². The van der Waals surface area contributed by atoms with Gasteiger partial charge >= 0.3 is 0 Å². The molecule has 2 fully saturated rings. The van der Waals surface area contributed by atoms with E-state index in [9.17, 15) is 4.79 Å². The van der Waals surface area contributed by atoms with E-state index < -0.39 is 0 Å². The molecule has 3 rings (SSSR count). The van der Waals surface area contributed by atoms with Crippen molar-refractivity contribution in [1.82, 2.24) is 4.90 Å². The van der Waals surface area contributed by atoms with Gasteiger partial charge in [0.05, 0.1) is 5.54 Å². The highest BCUT2D eigenvalue weighted by Crippen LogP contribution is 2.44. The molecule has 1 heterocycles. The Labute approximate surface area is 114 Å². The number of hydrogen-bond donors (Lipinski definition) is 0. The van der Waals surface area contributed by atoms with Crippen molar-refractivity contribution >= 4 is 6.08 Å². The minimum Gasteiger partial charge on any atom is -0.299 e. The number of likely N-dealkylation sites (tertiary alicyclic amines) is 1. The van der Waals surface area contributed by atoms with Crippen molar-refractivity contribution in [3.05, 3.63) is 35.4 Å². The van der Waals surface area contributed by atoms with E-state index in [-0.39, 0.29) is 5.54 Å². The van der Waals surface area contributed by atoms with Crippen molar-refractivity contribution in [3.63, 3.8) is 0 Å². The summed E-state index contributed by atoms with van der Waals surface area (Å²) in [6.45, 7) is 3.49. The van der Waals surface area contributed by atoms with Gasteiger partial charge in [-0.3, -0.25) is 4.90 Å². The number of nitrogens with zero attached hydrogens (tertiary/aromatic N) is 2. The molecular formula is C16H20N2O. The third-order valence-electron chi connectivity index (χ3n) is 4.54. The second-order valence-electron chi connectivity index (χ2n) is 5.77. The first-order valence-electron chi connectivity index (χ1n) is 7.23. The number of hydrogen-bond acceptors (Lipinski definition) is 3. The van der Waals surface area contributed by atoms with Crippen LogP contribution in [0.25, 0.3) is 0 Å². The van der Waals surface area contributed by atoms with Crippen molar-refractivity contribution in [3.8, 4) is 0 Å². The maximum atomic E-state index is 10.6. The van der Waals surface area contributed by atoms with E-state index in [1.807, 2.05) is 0 Å². The van der Waals surface area contributed by atoms with E-state index >= 15 is 0 Å². The van der Waals surface area contributed by atoms with Crippen molar-refractivity contribution in [1.29, 1.82) is 0 Å². The van der Waals surface area contributed by atoms with Crippen LogP contribution in [0.15, 0.2) is 29.3 Å². The van der Waals surface area contributed by atoms with E-state index in [2.05, 4.69) is 34.2 Å². The van der Waals surface area contributed by atoms with E-state index in [4.69, 9.17) is 0 Å². The third-order valence-corrected chi connectivity index (χ3v) is 4.54. The van der Waals surface area contributed by atoms with E-state index in [0.717, 1.165) is 25.8 Å². The normalized spacial score (nSPS) is 21.7. The minimum absolute atomic E-state index is 0.256. The van der Waals surface area contributed by atoms with Crippen molar-refractivity contribution in [2.45, 2.75) is 44.2 Å². The summed E-state index contributed by atoms with van der Waals surface area (Å²) in [5.41, 5.74) is 2.27. The Bertz CT molecular complexity index is 478. The number of aliphatic imine (C=N–C) groups is 1. The number of carbonyl (C=O) groups excluding carboxylic acids is 1. The molecule has 0 amide bonds. The van der Waals surface area contributed by atoms with Crippen LogP contribution < -0.4 is 0 Å². The van der Waals surface area contributed by atoms with Gasteiger partial charge in [-0.2, -0.15) is 4.99 Å². The minimum atomic E-state index is -0.256. The van der Waals surface area contributed by atoms with Crippen LogP contribution in [-0.4, -0.2) is 24.1 Å². The first-order chi connectivity index (χ1) is 9.32. The van der Waals surface area contributed by atoms with Crippen LogP contribution in [0.3, 0.4) is 0 Å². The van der Waals surface area contributed by atoms with Gasteiger partial charge in [0.1, 0.15) is 0 Å². The summed E-state index contributed by atoms with van der Waals surface area (Å²) < 4.78 is 0. The first kappa shape index (κ1) is 12.6. The second-order valence-corrected chi connectivity index (χ2v) is 5.77. The Balaban J connectivity index is 1.73. The average Bonchev–Trinajstić information content (AvgIpc) is 2.88. The van der Waals surface area contributed by atoms with Crippen LogP contribution in [0.5, 0.6) is 0 Å². The zero-order valence-electron chi connectivity index (χ0n) is 11.3. The highest BCUT2D eigenvalue weighted by molar-refractivity contribution is 5.40. The number of rotatable bonds is 4. The average molecular weight is 256 g/mol. The van der Waals surface area contributed by atoms with Gasteiger partial charge in [0.15, 0.2) is 0 Å². The Morgan fingerprint density at radius 3 is 2.32 bits per heavy atom. The summed E-state index contributed by atoms with van der Waals surface area (Å²) in [6, 6.07) is 8.67. The monoisotopic (exact) mass is 256 g/mol. The molecule has 0 bridgehead atoms. The van der Waals surface area contributed by atoms with Crippen LogP contribution in [0.4, 0.5) is 0 Å². The fourth-order valence-corrected chi connectivity index (χ4v) is 3.18. The molecule has 1 aliphatic heterocycles. The molecule has 1 saturated carbocycles. The van der Waals surface area contributed by atoms with E-state index in [1.54, 1.807) is 6.08 Å². The van der Waals surface area contributed by atoms with Crippen molar-refractivity contribution in [2.24, 2.45) is 4.99 Å². The SMILES string of the molecule is O=C=NC1(c2ccc(CN3CCCC3)cc2)CCC1. The van der Waals surface area contributed by atoms with Gasteiger partial charge in [0, 0.05) is 6.54 Å². The molecule has 0 aromatic heterocycles. The van der Waals surface area contributed by atoms with Gasteiger partial charge in [0.2, 0.25) is 6.08 Å². The molecule has 0 radical (unpaired) electrons. The van der Waals surface area contributed by atoms with Crippen molar-refractivity contribution < 1.29 is 4.79 Å². The highest BCUT2D eigenvalue weighted by Gasteiger charge is 2.38. The predicted molar refractivity (Wildman–Crippen MR) is 74.6 cm³/mol. The molecule has 0 spiro atoms. The molecular weight excluding hydrogens is 236 g/mol. The largest absolute Gasteiger partial charge is 0.299 e. The summed E-state index contributed by atoms with van der Waals surface area (Å²) in [5.74, 6) is 0. The fraction of sp³-hybridized carbons (Fsp3) is 0.562. The summed E-state index contributed by atoms with van der Waals surface area (Å²) >= 11 is 0. The van der Waals surface area contributed by atoms with Crippen LogP contribution in [0.1, 0.15) is 43.2 Å². The third kappa shape index (κ3) is 2.49. The standard InChI is InChI=1S/C16H20N2O/c19-13-17-16(8-3-9-16)15-6-4-14(5-7-15)12-18-10-1-2-11-18/h4-7H,1-3,8-12H2. The van der Waals surface area contributed by atoms with Gasteiger partial charge in [-0.15, -0.1) is 0 Å². The molecule has 19 heavy (non-hydrogen) atoms. The van der Waals surface area contributed by atoms with E-state index in [1.165, 1.54) is 37.1 Å². The lowest BCUT2D eigenvalue weighted by Gasteiger charge is -2.37. The molecule has 1 aromatic carbocycles. The van der Waals surface area contributed by atoms with E-state index in [0.29, 0.717) is 0 Å². The zero-order chi connectivity index (χ0) is 13.1. The summed E-state index contributed by atoms with van der Waals surface area (Å²) in [4.78, 5) is 17.1. The zero-order valence-corrected chi connectivity index (χ0v) is 11.3. The molecule has 0 N–H and O–H groups in total. The van der Waals surface area contributed by atoms with Crippen LogP contribution in [0, 0.1) is 0 Å². The van der Waals surface area contributed by atoms with Crippen molar-refractivity contribution in [2.75, 3.05) is 13.1 Å². The number of isocyanates is 1. The molecule has 100 valence electrons. The summed E-state index contributed by atoms with van der Waals surface area (Å²) in [5, 5.41) is 0. The molecule has 0 atom stereocenters. The molecule has 2 aliphatic rings. The van der Waals surface area contributed by atoms with Crippen LogP contribution in [-0.2, 0) is 16.9 Å². The van der Waals surface area contributed by atoms with Crippen LogP contribution >= 0.6 is 0 Å². The second kappa shape index (κ2) is 5.28. The number of benzene rings is 1. The van der Waals surface area contributed by atoms with Gasteiger partial charge in [-0.25, -0.2) is 4.79 Å². The maximum Gasteiger partial charge on any atom is 0.235 e. The lowest BCUT2D eigenvalue weighted by atomic mass is 9.72. The summed E-state index contributed by atoms with van der Waals surface area (Å²) in [6.07, 6.45) is 7.52. The molecule has 1 aromatic rings. The van der Waals surface area contributed by atoms with Crippen LogP contribution in [0.2, 0.25) is 0 Å². The predicted octanol–water partition coefficient (Wildman–Crippen LogP) is 3.00. The Hall–Kier alpha value is -1.44. The molecule has 3 nitrogen and oxygen atoms in total. The molecule has 0 unspecified atom stereocenters. The Kier molecular flexibility index (Phi) is 3.50.